The van der Waals surface area contributed by atoms with E-state index in [9.17, 15) is 9.59 Å². The van der Waals surface area contributed by atoms with Gasteiger partial charge in [0.25, 0.3) is 5.91 Å². The second-order valence-corrected chi connectivity index (χ2v) is 10.3. The minimum atomic E-state index is -0.237. The number of likely N-dealkylation sites (tertiary alicyclic amines) is 1. The van der Waals surface area contributed by atoms with Crippen LogP contribution in [0.5, 0.6) is 0 Å². The number of nitrogen functional groups attached to an aromatic ring is 1. The Balaban J connectivity index is 1.30. The Morgan fingerprint density at radius 2 is 1.82 bits per heavy atom. The fraction of sp³-hybridized carbons (Fsp3) is 0.345. The molecule has 2 atom stereocenters. The van der Waals surface area contributed by atoms with Crippen LogP contribution in [0.25, 0.3) is 16.8 Å². The maximum absolute atomic E-state index is 13.1. The first-order chi connectivity index (χ1) is 18.5. The summed E-state index contributed by atoms with van der Waals surface area (Å²) in [6.45, 7) is 2.80. The number of carbonyl (C=O) groups excluding carboxylic acids is 2. The second kappa shape index (κ2) is 9.89. The Kier molecular flexibility index (Phi) is 6.27. The van der Waals surface area contributed by atoms with Gasteiger partial charge in [-0.3, -0.25) is 14.0 Å². The number of hydrogen-bond donors (Lipinski definition) is 2. The highest BCUT2D eigenvalue weighted by atomic mass is 16.2. The Labute approximate surface area is 221 Å². The Hall–Kier alpha value is -4.27. The number of benzene rings is 1. The van der Waals surface area contributed by atoms with Crippen LogP contribution in [-0.2, 0) is 4.79 Å². The minimum absolute atomic E-state index is 0.0988. The SMILES string of the molecule is CC1CCC(c2nc(-c3ccc(C(=O)Nc4ccccn4)cc3)c3c(N)nccn23)CN1C(=O)C1CCC1. The summed E-state index contributed by atoms with van der Waals surface area (Å²) in [4.78, 5) is 41.5. The van der Waals surface area contributed by atoms with Gasteiger partial charge in [-0.1, -0.05) is 24.6 Å². The van der Waals surface area contributed by atoms with Gasteiger partial charge in [0.05, 0.1) is 0 Å². The van der Waals surface area contributed by atoms with Crippen molar-refractivity contribution < 1.29 is 9.59 Å². The predicted molar refractivity (Wildman–Crippen MR) is 146 cm³/mol. The summed E-state index contributed by atoms with van der Waals surface area (Å²) < 4.78 is 2.02. The molecule has 2 fully saturated rings. The number of carbonyl (C=O) groups is 2. The lowest BCUT2D eigenvalue weighted by molar-refractivity contribution is -0.142. The lowest BCUT2D eigenvalue weighted by atomic mass is 9.82. The van der Waals surface area contributed by atoms with Crippen LogP contribution in [-0.4, -0.2) is 48.7 Å². The predicted octanol–water partition coefficient (Wildman–Crippen LogP) is 4.52. The molecular formula is C29H31N7O2. The minimum Gasteiger partial charge on any atom is -0.382 e. The number of imidazole rings is 1. The van der Waals surface area contributed by atoms with E-state index in [2.05, 4.69) is 27.1 Å². The first-order valence-electron chi connectivity index (χ1n) is 13.3. The van der Waals surface area contributed by atoms with Crippen molar-refractivity contribution in [2.45, 2.75) is 51.0 Å². The average Bonchev–Trinajstić information content (AvgIpc) is 3.29. The van der Waals surface area contributed by atoms with E-state index in [1.54, 1.807) is 36.7 Å². The standard InChI is InChI=1S/C29H31N7O2/c1-18-8-9-22(17-36(18)29(38)21-5-4-6-21)27-34-24(25-26(30)32-15-16-35(25)27)19-10-12-20(13-11-19)28(37)33-23-7-2-3-14-31-23/h2-3,7,10-16,18,21-22H,4-6,8-9,17H2,1H3,(H2,30,32)(H,31,33,37). The van der Waals surface area contributed by atoms with Crippen LogP contribution >= 0.6 is 0 Å². The van der Waals surface area contributed by atoms with Crippen LogP contribution in [0.3, 0.4) is 0 Å². The molecule has 4 aromatic rings. The molecule has 9 heteroatoms. The van der Waals surface area contributed by atoms with Crippen molar-refractivity contribution >= 4 is 29.0 Å². The zero-order valence-corrected chi connectivity index (χ0v) is 21.4. The third-order valence-electron chi connectivity index (χ3n) is 7.92. The number of anilines is 2. The summed E-state index contributed by atoms with van der Waals surface area (Å²) in [7, 11) is 0. The van der Waals surface area contributed by atoms with E-state index in [1.807, 2.05) is 28.8 Å². The molecule has 1 saturated carbocycles. The molecule has 3 N–H and O–H groups in total. The van der Waals surface area contributed by atoms with E-state index in [1.165, 1.54) is 0 Å². The Morgan fingerprint density at radius 3 is 2.53 bits per heavy atom. The van der Waals surface area contributed by atoms with Crippen molar-refractivity contribution in [2.24, 2.45) is 5.92 Å². The topological polar surface area (TPSA) is 119 Å². The maximum Gasteiger partial charge on any atom is 0.256 e. The van der Waals surface area contributed by atoms with Gasteiger partial charge in [0.15, 0.2) is 0 Å². The van der Waals surface area contributed by atoms with Crippen molar-refractivity contribution in [3.63, 3.8) is 0 Å². The average molecular weight is 510 g/mol. The summed E-state index contributed by atoms with van der Waals surface area (Å²) in [5, 5.41) is 2.80. The van der Waals surface area contributed by atoms with E-state index in [4.69, 9.17) is 10.7 Å². The van der Waals surface area contributed by atoms with Crippen molar-refractivity contribution in [1.82, 2.24) is 24.3 Å². The molecule has 0 spiro atoms. The number of pyridine rings is 1. The van der Waals surface area contributed by atoms with Gasteiger partial charge in [0.2, 0.25) is 5.91 Å². The molecule has 1 aliphatic carbocycles. The number of piperidine rings is 1. The molecule has 2 aliphatic rings. The van der Waals surface area contributed by atoms with E-state index < -0.39 is 0 Å². The number of nitrogens with zero attached hydrogens (tertiary/aromatic N) is 5. The van der Waals surface area contributed by atoms with Gasteiger partial charge < -0.3 is 16.0 Å². The highest BCUT2D eigenvalue weighted by Gasteiger charge is 2.37. The van der Waals surface area contributed by atoms with Gasteiger partial charge in [-0.25, -0.2) is 15.0 Å². The largest absolute Gasteiger partial charge is 0.382 e. The van der Waals surface area contributed by atoms with Gasteiger partial charge in [0.1, 0.15) is 28.7 Å². The molecule has 194 valence electrons. The fourth-order valence-electron chi connectivity index (χ4n) is 5.50. The van der Waals surface area contributed by atoms with Crippen molar-refractivity contribution in [2.75, 3.05) is 17.6 Å². The number of nitrogens with two attached hydrogens (primary N) is 1. The van der Waals surface area contributed by atoms with E-state index in [-0.39, 0.29) is 29.7 Å². The lowest BCUT2D eigenvalue weighted by Gasteiger charge is -2.41. The molecule has 9 nitrogen and oxygen atoms in total. The second-order valence-electron chi connectivity index (χ2n) is 10.3. The van der Waals surface area contributed by atoms with Crippen molar-refractivity contribution in [3.05, 3.63) is 72.4 Å². The van der Waals surface area contributed by atoms with E-state index >= 15 is 0 Å². The van der Waals surface area contributed by atoms with Gasteiger partial charge in [-0.2, -0.15) is 0 Å². The smallest absolute Gasteiger partial charge is 0.256 e. The number of nitrogens with one attached hydrogen (secondary N) is 1. The molecule has 1 saturated heterocycles. The molecule has 2 amide bonds. The van der Waals surface area contributed by atoms with Crippen LogP contribution in [0.2, 0.25) is 0 Å². The lowest BCUT2D eigenvalue weighted by Crippen LogP contribution is -2.48. The summed E-state index contributed by atoms with van der Waals surface area (Å²) in [5.74, 6) is 2.11. The quantitative estimate of drug-likeness (QED) is 0.408. The fourth-order valence-corrected chi connectivity index (χ4v) is 5.50. The normalized spacial score (nSPS) is 19.8. The first-order valence-corrected chi connectivity index (χ1v) is 13.3. The van der Waals surface area contributed by atoms with E-state index in [0.717, 1.165) is 54.7 Å². The number of aromatic nitrogens is 4. The van der Waals surface area contributed by atoms with Gasteiger partial charge in [-0.15, -0.1) is 0 Å². The molecule has 3 aromatic heterocycles. The molecular weight excluding hydrogens is 478 g/mol. The molecule has 1 aromatic carbocycles. The zero-order chi connectivity index (χ0) is 26.2. The van der Waals surface area contributed by atoms with Gasteiger partial charge in [-0.05, 0) is 56.9 Å². The third-order valence-corrected chi connectivity index (χ3v) is 7.92. The number of hydrogen-bond acceptors (Lipinski definition) is 6. The van der Waals surface area contributed by atoms with Crippen LogP contribution in [0.15, 0.2) is 61.1 Å². The van der Waals surface area contributed by atoms with Crippen LogP contribution < -0.4 is 11.1 Å². The summed E-state index contributed by atoms with van der Waals surface area (Å²) in [5.41, 5.74) is 9.17. The molecule has 1 aliphatic heterocycles. The zero-order valence-electron chi connectivity index (χ0n) is 21.4. The van der Waals surface area contributed by atoms with Gasteiger partial charge >= 0.3 is 0 Å². The number of amides is 2. The summed E-state index contributed by atoms with van der Waals surface area (Å²) in [6.07, 6.45) is 10.2. The van der Waals surface area contributed by atoms with E-state index in [0.29, 0.717) is 23.7 Å². The molecule has 6 rings (SSSR count). The first kappa shape index (κ1) is 24.1. The highest BCUT2D eigenvalue weighted by Crippen LogP contribution is 2.37. The Morgan fingerprint density at radius 1 is 1.00 bits per heavy atom. The van der Waals surface area contributed by atoms with Crippen LogP contribution in [0, 0.1) is 5.92 Å². The molecule has 2 unspecified atom stereocenters. The molecule has 0 bridgehead atoms. The third kappa shape index (κ3) is 4.38. The summed E-state index contributed by atoms with van der Waals surface area (Å²) in [6, 6.07) is 12.9. The molecule has 0 radical (unpaired) electrons. The number of fused-ring (bicyclic) bond motifs is 1. The Bertz CT molecular complexity index is 1480. The summed E-state index contributed by atoms with van der Waals surface area (Å²) >= 11 is 0. The number of rotatable bonds is 5. The molecule has 38 heavy (non-hydrogen) atoms. The maximum atomic E-state index is 13.1. The molecule has 4 heterocycles. The van der Waals surface area contributed by atoms with Crippen molar-refractivity contribution in [3.8, 4) is 11.3 Å². The van der Waals surface area contributed by atoms with Gasteiger partial charge in [0, 0.05) is 54.1 Å². The van der Waals surface area contributed by atoms with Crippen molar-refractivity contribution in [1.29, 1.82) is 0 Å². The monoisotopic (exact) mass is 509 g/mol. The van der Waals surface area contributed by atoms with Crippen LogP contribution in [0.4, 0.5) is 11.6 Å². The highest BCUT2D eigenvalue weighted by molar-refractivity contribution is 6.04. The van der Waals surface area contributed by atoms with Crippen LogP contribution in [0.1, 0.15) is 61.1 Å².